The van der Waals surface area contributed by atoms with Crippen molar-refractivity contribution in [1.29, 1.82) is 5.26 Å². The van der Waals surface area contributed by atoms with Gasteiger partial charge in [-0.3, -0.25) is 0 Å². The molecule has 0 N–H and O–H groups in total. The van der Waals surface area contributed by atoms with E-state index in [0.717, 1.165) is 25.9 Å². The van der Waals surface area contributed by atoms with Crippen molar-refractivity contribution in [2.45, 2.75) is 23.8 Å². The second-order valence-electron chi connectivity index (χ2n) is 5.22. The summed E-state index contributed by atoms with van der Waals surface area (Å²) in [5.74, 6) is 0. The van der Waals surface area contributed by atoms with Crippen LogP contribution >= 0.6 is 0 Å². The number of benzene rings is 1. The minimum absolute atomic E-state index is 0.00870. The molecular formula is C14H19N3O2S. The predicted octanol–water partition coefficient (Wildman–Crippen LogP) is 1.27. The number of hydrogen-bond acceptors (Lipinski definition) is 4. The van der Waals surface area contributed by atoms with Gasteiger partial charge in [0.15, 0.2) is 0 Å². The monoisotopic (exact) mass is 293 g/mol. The summed E-state index contributed by atoms with van der Waals surface area (Å²) in [6.07, 6.45) is 1.89. The first-order chi connectivity index (χ1) is 9.45. The summed E-state index contributed by atoms with van der Waals surface area (Å²) in [6.45, 7) is 1.77. The summed E-state index contributed by atoms with van der Waals surface area (Å²) in [5, 5.41) is 8.76. The molecule has 1 aromatic carbocycles. The molecule has 0 aromatic heterocycles. The van der Waals surface area contributed by atoms with Crippen molar-refractivity contribution in [2.24, 2.45) is 0 Å². The third-order valence-electron chi connectivity index (χ3n) is 3.77. The lowest BCUT2D eigenvalue weighted by Crippen LogP contribution is -2.47. The van der Waals surface area contributed by atoms with Gasteiger partial charge in [-0.1, -0.05) is 0 Å². The van der Waals surface area contributed by atoms with E-state index in [9.17, 15) is 8.42 Å². The van der Waals surface area contributed by atoms with Crippen molar-refractivity contribution in [3.8, 4) is 6.07 Å². The summed E-state index contributed by atoms with van der Waals surface area (Å²) < 4.78 is 26.6. The van der Waals surface area contributed by atoms with Crippen molar-refractivity contribution in [3.63, 3.8) is 0 Å². The van der Waals surface area contributed by atoms with E-state index in [4.69, 9.17) is 5.26 Å². The highest BCUT2D eigenvalue weighted by Gasteiger charge is 2.30. The van der Waals surface area contributed by atoms with Crippen LogP contribution in [0.3, 0.4) is 0 Å². The van der Waals surface area contributed by atoms with Gasteiger partial charge in [0.1, 0.15) is 0 Å². The summed E-state index contributed by atoms with van der Waals surface area (Å²) in [4.78, 5) is 2.39. The average Bonchev–Trinajstić information content (AvgIpc) is 2.46. The quantitative estimate of drug-likeness (QED) is 0.842. The van der Waals surface area contributed by atoms with Gasteiger partial charge in [-0.05, 0) is 50.7 Å². The molecule has 0 bridgehead atoms. The molecule has 1 heterocycles. The average molecular weight is 293 g/mol. The maximum atomic E-state index is 12.6. The zero-order valence-corrected chi connectivity index (χ0v) is 12.6. The Morgan fingerprint density at radius 2 is 2.00 bits per heavy atom. The summed E-state index contributed by atoms with van der Waals surface area (Å²) in [6, 6.07) is 8.06. The van der Waals surface area contributed by atoms with Gasteiger partial charge in [-0.15, -0.1) is 0 Å². The molecule has 1 atom stereocenters. The molecule has 2 rings (SSSR count). The number of piperidine rings is 1. The molecule has 5 nitrogen and oxygen atoms in total. The van der Waals surface area contributed by atoms with Crippen LogP contribution in [0.25, 0.3) is 0 Å². The Morgan fingerprint density at radius 1 is 1.35 bits per heavy atom. The Bertz CT molecular complexity index is 604. The van der Waals surface area contributed by atoms with Crippen LogP contribution in [0.1, 0.15) is 18.4 Å². The Kier molecular flexibility index (Phi) is 4.43. The van der Waals surface area contributed by atoms with E-state index < -0.39 is 10.0 Å². The summed E-state index contributed by atoms with van der Waals surface area (Å²) >= 11 is 0. The normalized spacial score (nSPS) is 20.8. The van der Waals surface area contributed by atoms with E-state index in [0.29, 0.717) is 5.56 Å². The van der Waals surface area contributed by atoms with Crippen LogP contribution in [0, 0.1) is 11.3 Å². The number of likely N-dealkylation sites (N-methyl/N-ethyl adjacent to an activating group) is 2. The molecule has 108 valence electrons. The summed E-state index contributed by atoms with van der Waals surface area (Å²) in [7, 11) is 0.155. The number of sulfonamides is 1. The predicted molar refractivity (Wildman–Crippen MR) is 76.6 cm³/mol. The van der Waals surface area contributed by atoms with Crippen molar-refractivity contribution in [3.05, 3.63) is 29.8 Å². The second kappa shape index (κ2) is 5.92. The van der Waals surface area contributed by atoms with Gasteiger partial charge >= 0.3 is 0 Å². The molecule has 0 amide bonds. The SMILES string of the molecule is CN1CCCC(N(C)S(=O)(=O)c2ccc(C#N)cc2)C1. The summed E-state index contributed by atoms with van der Waals surface area (Å²) in [5.41, 5.74) is 0.462. The molecule has 0 radical (unpaired) electrons. The first-order valence-corrected chi connectivity index (χ1v) is 8.06. The second-order valence-corrected chi connectivity index (χ2v) is 7.21. The Labute approximate surface area is 120 Å². The van der Waals surface area contributed by atoms with Crippen LogP contribution in [0.15, 0.2) is 29.2 Å². The van der Waals surface area contributed by atoms with Gasteiger partial charge in [-0.25, -0.2) is 8.42 Å². The van der Waals surface area contributed by atoms with Crippen LogP contribution < -0.4 is 0 Å². The number of hydrogen-bond donors (Lipinski definition) is 0. The molecule has 1 unspecified atom stereocenters. The van der Waals surface area contributed by atoms with Crippen molar-refractivity contribution in [1.82, 2.24) is 9.21 Å². The van der Waals surface area contributed by atoms with E-state index in [-0.39, 0.29) is 10.9 Å². The van der Waals surface area contributed by atoms with Crippen molar-refractivity contribution < 1.29 is 8.42 Å². The third-order valence-corrected chi connectivity index (χ3v) is 5.70. The van der Waals surface area contributed by atoms with Gasteiger partial charge in [0.05, 0.1) is 16.5 Å². The number of rotatable bonds is 3. The Hall–Kier alpha value is -1.42. The van der Waals surface area contributed by atoms with Crippen molar-refractivity contribution in [2.75, 3.05) is 27.2 Å². The molecule has 0 spiro atoms. The molecule has 0 aliphatic carbocycles. The zero-order valence-electron chi connectivity index (χ0n) is 11.8. The standard InChI is InChI=1S/C14H19N3O2S/c1-16-9-3-4-13(11-16)17(2)20(18,19)14-7-5-12(10-15)6-8-14/h5-8,13H,3-4,9,11H2,1-2H3. The number of nitrogens with zero attached hydrogens (tertiary/aromatic N) is 3. The minimum atomic E-state index is -3.49. The molecule has 1 fully saturated rings. The minimum Gasteiger partial charge on any atom is -0.305 e. The first-order valence-electron chi connectivity index (χ1n) is 6.62. The van der Waals surface area contributed by atoms with Gasteiger partial charge in [0, 0.05) is 19.6 Å². The van der Waals surface area contributed by atoms with Crippen LogP contribution in [-0.4, -0.2) is 50.8 Å². The van der Waals surface area contributed by atoms with Gasteiger partial charge in [0.25, 0.3) is 0 Å². The van der Waals surface area contributed by atoms with Gasteiger partial charge in [0.2, 0.25) is 10.0 Å². The molecule has 1 aliphatic heterocycles. The highest BCUT2D eigenvalue weighted by atomic mass is 32.2. The molecule has 1 saturated heterocycles. The molecule has 20 heavy (non-hydrogen) atoms. The molecular weight excluding hydrogens is 274 g/mol. The van der Waals surface area contributed by atoms with E-state index in [1.54, 1.807) is 7.05 Å². The van der Waals surface area contributed by atoms with E-state index in [2.05, 4.69) is 4.90 Å². The van der Waals surface area contributed by atoms with Crippen LogP contribution in [0.2, 0.25) is 0 Å². The van der Waals surface area contributed by atoms with Crippen LogP contribution in [-0.2, 0) is 10.0 Å². The van der Waals surface area contributed by atoms with E-state index in [1.807, 2.05) is 13.1 Å². The maximum Gasteiger partial charge on any atom is 0.243 e. The fraction of sp³-hybridized carbons (Fsp3) is 0.500. The van der Waals surface area contributed by atoms with E-state index >= 15 is 0 Å². The fourth-order valence-electron chi connectivity index (χ4n) is 2.50. The maximum absolute atomic E-state index is 12.6. The fourth-order valence-corrected chi connectivity index (χ4v) is 3.88. The lowest BCUT2D eigenvalue weighted by atomic mass is 10.1. The molecule has 6 heteroatoms. The van der Waals surface area contributed by atoms with E-state index in [1.165, 1.54) is 28.6 Å². The number of nitriles is 1. The van der Waals surface area contributed by atoms with Crippen LogP contribution in [0.5, 0.6) is 0 Å². The Morgan fingerprint density at radius 3 is 2.55 bits per heavy atom. The highest BCUT2D eigenvalue weighted by molar-refractivity contribution is 7.89. The Balaban J connectivity index is 2.22. The van der Waals surface area contributed by atoms with Crippen molar-refractivity contribution >= 4 is 10.0 Å². The molecule has 0 saturated carbocycles. The number of likely N-dealkylation sites (tertiary alicyclic amines) is 1. The largest absolute Gasteiger partial charge is 0.305 e. The lowest BCUT2D eigenvalue weighted by molar-refractivity contribution is 0.187. The topological polar surface area (TPSA) is 64.4 Å². The first kappa shape index (κ1) is 15.0. The third kappa shape index (κ3) is 3.01. The molecule has 1 aliphatic rings. The lowest BCUT2D eigenvalue weighted by Gasteiger charge is -2.35. The highest BCUT2D eigenvalue weighted by Crippen LogP contribution is 2.21. The molecule has 1 aromatic rings. The van der Waals surface area contributed by atoms with Gasteiger partial charge < -0.3 is 4.90 Å². The van der Waals surface area contributed by atoms with Crippen LogP contribution in [0.4, 0.5) is 0 Å². The smallest absolute Gasteiger partial charge is 0.243 e. The van der Waals surface area contributed by atoms with Gasteiger partial charge in [-0.2, -0.15) is 9.57 Å². The zero-order chi connectivity index (χ0) is 14.8.